The van der Waals surface area contributed by atoms with E-state index in [0.717, 1.165) is 27.4 Å². The third kappa shape index (κ3) is 4.65. The Kier molecular flexibility index (Phi) is 6.55. The maximum Gasteiger partial charge on any atom is 0.326 e. The fraction of sp³-hybridized carbons (Fsp3) is 0.240. The van der Waals surface area contributed by atoms with Crippen LogP contribution in [0.5, 0.6) is 11.5 Å². The van der Waals surface area contributed by atoms with Crippen molar-refractivity contribution in [3.63, 3.8) is 0 Å². The molecule has 0 atom stereocenters. The van der Waals surface area contributed by atoms with Crippen molar-refractivity contribution in [1.82, 2.24) is 20.2 Å². The number of nitrogens with one attached hydrogen (secondary N) is 2. The van der Waals surface area contributed by atoms with Gasteiger partial charge in [0.25, 0.3) is 5.91 Å². The van der Waals surface area contributed by atoms with Gasteiger partial charge in [0.05, 0.1) is 17.6 Å². The summed E-state index contributed by atoms with van der Waals surface area (Å²) in [6.07, 6.45) is 3.41. The molecule has 0 saturated carbocycles. The van der Waals surface area contributed by atoms with E-state index in [1.165, 1.54) is 0 Å². The number of amides is 2. The van der Waals surface area contributed by atoms with E-state index in [-0.39, 0.29) is 11.9 Å². The molecule has 0 saturated heterocycles. The van der Waals surface area contributed by atoms with Gasteiger partial charge in [-0.05, 0) is 61.9 Å². The van der Waals surface area contributed by atoms with E-state index >= 15 is 0 Å². The predicted molar refractivity (Wildman–Crippen MR) is 127 cm³/mol. The van der Waals surface area contributed by atoms with Gasteiger partial charge in [-0.15, -0.1) is 0 Å². The van der Waals surface area contributed by atoms with Crippen LogP contribution in [0.4, 0.5) is 4.79 Å². The number of aryl methyl sites for hydroxylation is 1. The number of nitrogens with zero attached hydrogens (tertiary/aromatic N) is 2. The molecule has 0 unspecified atom stereocenters. The number of carbonyl (C=O) groups excluding carboxylic acids is 2. The topological polar surface area (TPSA) is 94.5 Å². The summed E-state index contributed by atoms with van der Waals surface area (Å²) in [7, 11) is 1.59. The van der Waals surface area contributed by atoms with Crippen molar-refractivity contribution in [2.45, 2.75) is 13.8 Å². The summed E-state index contributed by atoms with van der Waals surface area (Å²) in [5.41, 5.74) is 2.92. The summed E-state index contributed by atoms with van der Waals surface area (Å²) in [4.78, 5) is 29.3. The van der Waals surface area contributed by atoms with E-state index in [9.17, 15) is 9.59 Å². The summed E-state index contributed by atoms with van der Waals surface area (Å²) in [5, 5.41) is 7.27. The van der Waals surface area contributed by atoms with Gasteiger partial charge < -0.3 is 20.1 Å². The van der Waals surface area contributed by atoms with Crippen LogP contribution in [0.15, 0.2) is 54.9 Å². The van der Waals surface area contributed by atoms with Crippen molar-refractivity contribution in [3.8, 4) is 11.5 Å². The first-order valence-electron chi connectivity index (χ1n) is 10.8. The highest BCUT2D eigenvalue weighted by molar-refractivity contribution is 6.01. The molecule has 0 spiro atoms. The average Bonchev–Trinajstić information content (AvgIpc) is 3.22. The highest BCUT2D eigenvalue weighted by Crippen LogP contribution is 2.32. The average molecular weight is 447 g/mol. The quantitative estimate of drug-likeness (QED) is 0.414. The molecule has 0 aliphatic rings. The van der Waals surface area contributed by atoms with Gasteiger partial charge in [-0.3, -0.25) is 14.3 Å². The molecule has 0 aliphatic carbocycles. The first kappa shape index (κ1) is 22.3. The van der Waals surface area contributed by atoms with Crippen LogP contribution in [0.25, 0.3) is 21.8 Å². The molecule has 8 nitrogen and oxygen atoms in total. The van der Waals surface area contributed by atoms with Crippen LogP contribution >= 0.6 is 0 Å². The Labute approximate surface area is 191 Å². The van der Waals surface area contributed by atoms with Gasteiger partial charge in [-0.1, -0.05) is 0 Å². The number of benzene rings is 2. The molecule has 0 bridgehead atoms. The molecule has 4 rings (SSSR count). The van der Waals surface area contributed by atoms with E-state index in [1.807, 2.05) is 44.2 Å². The number of ether oxygens (including phenoxy) is 2. The fourth-order valence-electron chi connectivity index (χ4n) is 3.69. The highest BCUT2D eigenvalue weighted by Gasteiger charge is 2.14. The molecular formula is C25H26N4O4. The maximum absolute atomic E-state index is 12.6. The van der Waals surface area contributed by atoms with E-state index < -0.39 is 0 Å². The number of pyridine rings is 1. The molecular weight excluding hydrogens is 420 g/mol. The van der Waals surface area contributed by atoms with Gasteiger partial charge in [0.15, 0.2) is 0 Å². The SMILES string of the molecule is CCNC(=O)n1ccc2cc(Oc3ccnc4cc(C)c(C(=O)NCCOC)cc34)ccc21. The van der Waals surface area contributed by atoms with Crippen LogP contribution in [0, 0.1) is 6.92 Å². The Balaban J connectivity index is 1.65. The zero-order valence-corrected chi connectivity index (χ0v) is 18.8. The second kappa shape index (κ2) is 9.70. The maximum atomic E-state index is 12.6. The molecule has 0 aliphatic heterocycles. The van der Waals surface area contributed by atoms with Gasteiger partial charge in [0.1, 0.15) is 11.5 Å². The van der Waals surface area contributed by atoms with Crippen LogP contribution in [0.1, 0.15) is 22.8 Å². The molecule has 2 heterocycles. The van der Waals surface area contributed by atoms with Gasteiger partial charge in [-0.25, -0.2) is 4.79 Å². The Hall–Kier alpha value is -3.91. The van der Waals surface area contributed by atoms with Gasteiger partial charge in [0, 0.05) is 48.9 Å². The van der Waals surface area contributed by atoms with Crippen molar-refractivity contribution in [2.24, 2.45) is 0 Å². The molecule has 2 N–H and O–H groups in total. The molecule has 2 amide bonds. The zero-order valence-electron chi connectivity index (χ0n) is 18.8. The first-order valence-corrected chi connectivity index (χ1v) is 10.8. The number of aromatic nitrogens is 2. The minimum Gasteiger partial charge on any atom is -0.457 e. The smallest absolute Gasteiger partial charge is 0.326 e. The summed E-state index contributed by atoms with van der Waals surface area (Å²) in [6, 6.07) is 12.7. The molecule has 4 aromatic rings. The van der Waals surface area contributed by atoms with Crippen molar-refractivity contribution in [2.75, 3.05) is 26.8 Å². The molecule has 170 valence electrons. The standard InChI is InChI=1S/C25H26N4O4/c1-4-26-25(31)29-11-8-17-14-18(5-6-22(17)29)33-23-7-9-27-21-13-16(2)19(15-20(21)23)24(30)28-10-12-32-3/h5-9,11,13-15H,4,10,12H2,1-3H3,(H,26,31)(H,28,30). The number of fused-ring (bicyclic) bond motifs is 2. The lowest BCUT2D eigenvalue weighted by molar-refractivity contribution is 0.0936. The third-order valence-corrected chi connectivity index (χ3v) is 5.32. The lowest BCUT2D eigenvalue weighted by Gasteiger charge is -2.12. The third-order valence-electron chi connectivity index (χ3n) is 5.32. The largest absolute Gasteiger partial charge is 0.457 e. The van der Waals surface area contributed by atoms with Crippen molar-refractivity contribution in [1.29, 1.82) is 0 Å². The summed E-state index contributed by atoms with van der Waals surface area (Å²) in [5.74, 6) is 1.04. The van der Waals surface area contributed by atoms with Crippen LogP contribution in [0.2, 0.25) is 0 Å². The fourth-order valence-corrected chi connectivity index (χ4v) is 3.69. The zero-order chi connectivity index (χ0) is 23.4. The Morgan fingerprint density at radius 2 is 1.94 bits per heavy atom. The van der Waals surface area contributed by atoms with Gasteiger partial charge in [0.2, 0.25) is 0 Å². The molecule has 0 radical (unpaired) electrons. The minimum atomic E-state index is -0.173. The number of hydrogen-bond acceptors (Lipinski definition) is 5. The minimum absolute atomic E-state index is 0.172. The second-order valence-electron chi connectivity index (χ2n) is 7.59. The normalized spacial score (nSPS) is 11.0. The van der Waals surface area contributed by atoms with Crippen LogP contribution in [-0.2, 0) is 4.74 Å². The van der Waals surface area contributed by atoms with Crippen molar-refractivity contribution >= 4 is 33.7 Å². The van der Waals surface area contributed by atoms with E-state index in [0.29, 0.717) is 36.8 Å². The molecule has 0 fully saturated rings. The number of carbonyl (C=O) groups is 2. The van der Waals surface area contributed by atoms with Crippen molar-refractivity contribution < 1.29 is 19.1 Å². The number of hydrogen-bond donors (Lipinski definition) is 2. The molecule has 8 heteroatoms. The Morgan fingerprint density at radius 1 is 1.09 bits per heavy atom. The van der Waals surface area contributed by atoms with E-state index in [4.69, 9.17) is 9.47 Å². The molecule has 2 aromatic carbocycles. The lowest BCUT2D eigenvalue weighted by Crippen LogP contribution is -2.27. The van der Waals surface area contributed by atoms with E-state index in [2.05, 4.69) is 15.6 Å². The number of methoxy groups -OCH3 is 1. The van der Waals surface area contributed by atoms with E-state index in [1.54, 1.807) is 36.2 Å². The van der Waals surface area contributed by atoms with Gasteiger partial charge in [-0.2, -0.15) is 0 Å². The molecule has 33 heavy (non-hydrogen) atoms. The summed E-state index contributed by atoms with van der Waals surface area (Å²) in [6.45, 7) is 5.19. The first-order chi connectivity index (χ1) is 16.0. The van der Waals surface area contributed by atoms with Crippen LogP contribution in [0.3, 0.4) is 0 Å². The van der Waals surface area contributed by atoms with Crippen molar-refractivity contribution in [3.05, 3.63) is 66.0 Å². The lowest BCUT2D eigenvalue weighted by atomic mass is 10.0. The van der Waals surface area contributed by atoms with Crippen LogP contribution in [-0.4, -0.2) is 48.3 Å². The Morgan fingerprint density at radius 3 is 2.73 bits per heavy atom. The monoisotopic (exact) mass is 446 g/mol. The predicted octanol–water partition coefficient (Wildman–Crippen LogP) is 4.24. The van der Waals surface area contributed by atoms with Gasteiger partial charge >= 0.3 is 6.03 Å². The second-order valence-corrected chi connectivity index (χ2v) is 7.59. The number of rotatable bonds is 7. The summed E-state index contributed by atoms with van der Waals surface area (Å²) < 4.78 is 12.8. The van der Waals surface area contributed by atoms with Crippen LogP contribution < -0.4 is 15.4 Å². The molecule has 2 aromatic heterocycles. The summed E-state index contributed by atoms with van der Waals surface area (Å²) >= 11 is 0. The highest BCUT2D eigenvalue weighted by atomic mass is 16.5. The Bertz CT molecular complexity index is 1330.